The molecule has 1 unspecified atom stereocenters. The zero-order valence-corrected chi connectivity index (χ0v) is 10.3. The first-order chi connectivity index (χ1) is 6.72. The molecule has 98 valence electrons. The minimum absolute atomic E-state index is 0. The number of carbonyl (C=O) groups excluding carboxylic acids is 1. The summed E-state index contributed by atoms with van der Waals surface area (Å²) < 4.78 is 0. The molecule has 0 fully saturated rings. The molecule has 17 heavy (non-hydrogen) atoms. The summed E-state index contributed by atoms with van der Waals surface area (Å²) >= 11 is 0. The van der Waals surface area contributed by atoms with Gasteiger partial charge in [-0.1, -0.05) is 19.1 Å². The van der Waals surface area contributed by atoms with E-state index in [0.29, 0.717) is 5.69 Å². The van der Waals surface area contributed by atoms with Crippen molar-refractivity contribution in [1.82, 2.24) is 0 Å². The first kappa shape index (κ1) is 18.1. The number of benzene rings is 1. The van der Waals surface area contributed by atoms with Gasteiger partial charge in [-0.2, -0.15) is 0 Å². The number of amides is 1. The fourth-order valence-electron chi connectivity index (χ4n) is 1.81. The molecule has 0 bridgehead atoms. The average molecular weight is 264 g/mol. The van der Waals surface area contributed by atoms with Crippen LogP contribution in [0.2, 0.25) is 0 Å². The molecule has 0 saturated carbocycles. The Bertz CT molecular complexity index is 384. The van der Waals surface area contributed by atoms with Crippen molar-refractivity contribution >= 4 is 24.0 Å². The third-order valence-electron chi connectivity index (χ3n) is 2.71. The Kier molecular flexibility index (Phi) is 7.56. The van der Waals surface area contributed by atoms with Crippen molar-refractivity contribution in [3.05, 3.63) is 23.8 Å². The van der Waals surface area contributed by atoms with Crippen molar-refractivity contribution in [2.45, 2.75) is 19.8 Å². The van der Waals surface area contributed by atoms with Gasteiger partial charge in [-0.3, -0.25) is 4.79 Å². The molecule has 2 rings (SSSR count). The molecule has 1 aromatic carbocycles. The predicted octanol–water partition coefficient (Wildman–Crippen LogP) is 0.685. The molecule has 1 aliphatic rings. The molecule has 5 nitrogen and oxygen atoms in total. The summed E-state index contributed by atoms with van der Waals surface area (Å²) in [5.41, 5.74) is 1.61. The monoisotopic (exact) mass is 263 g/mol. The highest BCUT2D eigenvalue weighted by atomic mass is 35.5. The predicted molar refractivity (Wildman–Crippen MR) is 68.7 cm³/mol. The Morgan fingerprint density at radius 1 is 1.41 bits per heavy atom. The van der Waals surface area contributed by atoms with Gasteiger partial charge in [0.2, 0.25) is 5.91 Å². The Labute approximate surface area is 106 Å². The number of hydrogen-bond acceptors (Lipinski definition) is 2. The van der Waals surface area contributed by atoms with E-state index in [1.165, 1.54) is 0 Å². The molecule has 0 radical (unpaired) electrons. The molecule has 1 aromatic rings. The van der Waals surface area contributed by atoms with E-state index < -0.39 is 0 Å². The summed E-state index contributed by atoms with van der Waals surface area (Å²) in [7, 11) is 0. The van der Waals surface area contributed by atoms with Gasteiger partial charge in [0.15, 0.2) is 0 Å². The fourth-order valence-corrected chi connectivity index (χ4v) is 1.81. The number of phenols is 1. The van der Waals surface area contributed by atoms with E-state index in [1.807, 2.05) is 13.0 Å². The summed E-state index contributed by atoms with van der Waals surface area (Å²) in [5, 5.41) is 12.3. The zero-order valence-electron chi connectivity index (χ0n) is 9.49. The Hall–Kier alpha value is -1.30. The van der Waals surface area contributed by atoms with Crippen molar-refractivity contribution < 1.29 is 20.9 Å². The number of para-hydroxylation sites is 1. The largest absolute Gasteiger partial charge is 0.506 e. The van der Waals surface area contributed by atoms with Gasteiger partial charge in [0.1, 0.15) is 5.75 Å². The highest BCUT2D eigenvalue weighted by molar-refractivity contribution is 5.97. The Morgan fingerprint density at radius 3 is 2.65 bits per heavy atom. The molecule has 0 spiro atoms. The van der Waals surface area contributed by atoms with Gasteiger partial charge in [-0.25, -0.2) is 0 Å². The number of anilines is 1. The van der Waals surface area contributed by atoms with Gasteiger partial charge < -0.3 is 21.4 Å². The van der Waals surface area contributed by atoms with Crippen molar-refractivity contribution in [3.8, 4) is 5.75 Å². The Balaban J connectivity index is 0. The molecule has 1 aliphatic heterocycles. The van der Waals surface area contributed by atoms with E-state index in [4.69, 9.17) is 0 Å². The minimum atomic E-state index is 0. The van der Waals surface area contributed by atoms with Crippen LogP contribution in [0.5, 0.6) is 5.75 Å². The van der Waals surface area contributed by atoms with Crippen LogP contribution >= 0.6 is 12.4 Å². The SMILES string of the molecule is CCC1Cc2cccc(O)c2NC1=O.Cl.O.O. The number of fused-ring (bicyclic) bond motifs is 1. The topological polar surface area (TPSA) is 112 Å². The van der Waals surface area contributed by atoms with Crippen LogP contribution in [0, 0.1) is 5.92 Å². The number of nitrogens with one attached hydrogen (secondary N) is 1. The number of rotatable bonds is 1. The number of halogens is 1. The molecule has 1 amide bonds. The molecule has 0 aliphatic carbocycles. The van der Waals surface area contributed by atoms with Crippen LogP contribution in [0.15, 0.2) is 18.2 Å². The van der Waals surface area contributed by atoms with E-state index in [0.717, 1.165) is 18.4 Å². The van der Waals surface area contributed by atoms with E-state index in [9.17, 15) is 9.90 Å². The van der Waals surface area contributed by atoms with Gasteiger partial charge in [-0.15, -0.1) is 12.4 Å². The molecular weight excluding hydrogens is 246 g/mol. The first-order valence-electron chi connectivity index (χ1n) is 4.84. The van der Waals surface area contributed by atoms with Gasteiger partial charge in [0.05, 0.1) is 5.69 Å². The van der Waals surface area contributed by atoms with Crippen LogP contribution in [0.25, 0.3) is 0 Å². The number of hydrogen-bond donors (Lipinski definition) is 2. The molecule has 6 heteroatoms. The minimum Gasteiger partial charge on any atom is -0.506 e. The maximum absolute atomic E-state index is 11.5. The smallest absolute Gasteiger partial charge is 0.227 e. The third-order valence-corrected chi connectivity index (χ3v) is 2.71. The number of aromatic hydroxyl groups is 1. The summed E-state index contributed by atoms with van der Waals surface area (Å²) in [6.07, 6.45) is 1.56. The lowest BCUT2D eigenvalue weighted by Gasteiger charge is -2.24. The second-order valence-corrected chi connectivity index (χ2v) is 3.61. The number of carbonyl (C=O) groups is 1. The van der Waals surface area contributed by atoms with Crippen LogP contribution in [0.1, 0.15) is 18.9 Å². The second kappa shape index (κ2) is 7.11. The van der Waals surface area contributed by atoms with Crippen molar-refractivity contribution in [2.75, 3.05) is 5.32 Å². The highest BCUT2D eigenvalue weighted by Crippen LogP contribution is 2.33. The van der Waals surface area contributed by atoms with Crippen LogP contribution in [-0.4, -0.2) is 22.0 Å². The van der Waals surface area contributed by atoms with E-state index in [-0.39, 0.29) is 40.9 Å². The third kappa shape index (κ3) is 3.33. The number of phenolic OH excluding ortho intramolecular Hbond substituents is 1. The molecule has 0 aromatic heterocycles. The quantitative estimate of drug-likeness (QED) is 0.726. The Morgan fingerprint density at radius 2 is 2.06 bits per heavy atom. The second-order valence-electron chi connectivity index (χ2n) is 3.61. The van der Waals surface area contributed by atoms with Gasteiger partial charge in [-0.05, 0) is 24.5 Å². The van der Waals surface area contributed by atoms with E-state index >= 15 is 0 Å². The van der Waals surface area contributed by atoms with Crippen molar-refractivity contribution in [1.29, 1.82) is 0 Å². The van der Waals surface area contributed by atoms with E-state index in [2.05, 4.69) is 5.32 Å². The van der Waals surface area contributed by atoms with Crippen LogP contribution < -0.4 is 5.32 Å². The van der Waals surface area contributed by atoms with Crippen molar-refractivity contribution in [3.63, 3.8) is 0 Å². The zero-order chi connectivity index (χ0) is 10.1. The summed E-state index contributed by atoms with van der Waals surface area (Å²) in [4.78, 5) is 11.5. The lowest BCUT2D eigenvalue weighted by molar-refractivity contribution is -0.120. The summed E-state index contributed by atoms with van der Waals surface area (Å²) in [6, 6.07) is 5.33. The highest BCUT2D eigenvalue weighted by Gasteiger charge is 2.25. The molecule has 1 atom stereocenters. The van der Waals surface area contributed by atoms with Crippen LogP contribution in [-0.2, 0) is 11.2 Å². The van der Waals surface area contributed by atoms with Crippen LogP contribution in [0.4, 0.5) is 5.69 Å². The molecular formula is C11H18ClNO4. The molecule has 6 N–H and O–H groups in total. The van der Waals surface area contributed by atoms with E-state index in [1.54, 1.807) is 12.1 Å². The lowest BCUT2D eigenvalue weighted by Crippen LogP contribution is -2.29. The lowest BCUT2D eigenvalue weighted by atomic mass is 9.91. The van der Waals surface area contributed by atoms with Crippen molar-refractivity contribution in [2.24, 2.45) is 5.92 Å². The summed E-state index contributed by atoms with van der Waals surface area (Å²) in [5.74, 6) is 0.219. The summed E-state index contributed by atoms with van der Waals surface area (Å²) in [6.45, 7) is 2.00. The standard InChI is InChI=1S/C11H13NO2.ClH.2H2O/c1-2-7-6-8-4-3-5-9(13)10(8)12-11(7)14;;;/h3-5,7,13H,2,6H2,1H3,(H,12,14);1H;2*1H2. The normalized spacial score (nSPS) is 16.5. The van der Waals surface area contributed by atoms with Gasteiger partial charge >= 0.3 is 0 Å². The van der Waals surface area contributed by atoms with Gasteiger partial charge in [0, 0.05) is 5.92 Å². The molecule has 1 heterocycles. The maximum atomic E-state index is 11.5. The molecule has 0 saturated heterocycles. The maximum Gasteiger partial charge on any atom is 0.227 e. The van der Waals surface area contributed by atoms with Gasteiger partial charge in [0.25, 0.3) is 0 Å². The first-order valence-corrected chi connectivity index (χ1v) is 4.84. The average Bonchev–Trinajstić information content (AvgIpc) is 2.19. The fraction of sp³-hybridized carbons (Fsp3) is 0.364. The van der Waals surface area contributed by atoms with Crippen LogP contribution in [0.3, 0.4) is 0 Å².